The van der Waals surface area contributed by atoms with Gasteiger partial charge < -0.3 is 9.80 Å². The van der Waals surface area contributed by atoms with E-state index in [0.717, 1.165) is 22.0 Å². The molecule has 0 aromatic heterocycles. The Hall–Kier alpha value is -2.41. The van der Waals surface area contributed by atoms with Crippen LogP contribution in [0.5, 0.6) is 0 Å². The van der Waals surface area contributed by atoms with Crippen LogP contribution in [0.15, 0.2) is 71.6 Å². The summed E-state index contributed by atoms with van der Waals surface area (Å²) in [5, 5.41) is 1.93. The third-order valence-corrected chi connectivity index (χ3v) is 6.34. The molecule has 6 heteroatoms. The summed E-state index contributed by atoms with van der Waals surface area (Å²) in [5.74, 6) is 0. The number of hydrogen-bond acceptors (Lipinski definition) is 4. The number of anilines is 1. The van der Waals surface area contributed by atoms with E-state index in [0.29, 0.717) is 6.54 Å². The Balaban J connectivity index is 1.79. The lowest BCUT2D eigenvalue weighted by molar-refractivity contribution is 0.299. The summed E-state index contributed by atoms with van der Waals surface area (Å²) in [6.45, 7) is 0.295. The second-order valence-corrected chi connectivity index (χ2v) is 9.09. The molecule has 0 bridgehead atoms. The van der Waals surface area contributed by atoms with Crippen LogP contribution in [0.2, 0.25) is 0 Å². The van der Waals surface area contributed by atoms with Crippen molar-refractivity contribution in [3.63, 3.8) is 0 Å². The van der Waals surface area contributed by atoms with E-state index in [1.54, 1.807) is 12.1 Å². The highest BCUT2D eigenvalue weighted by Gasteiger charge is 2.20. The molecule has 28 heavy (non-hydrogen) atoms. The number of sulfonamides is 1. The third kappa shape index (κ3) is 4.52. The van der Waals surface area contributed by atoms with E-state index in [1.807, 2.05) is 92.6 Å². The highest BCUT2D eigenvalue weighted by atomic mass is 32.2. The fraction of sp³-hybridized carbons (Fsp3) is 0.273. The Kier molecular flexibility index (Phi) is 6.03. The minimum atomic E-state index is -3.59. The Morgan fingerprint density at radius 2 is 1.50 bits per heavy atom. The van der Waals surface area contributed by atoms with Crippen molar-refractivity contribution in [3.8, 4) is 0 Å². The number of nitrogens with one attached hydrogen (secondary N) is 1. The first-order valence-corrected chi connectivity index (χ1v) is 10.7. The zero-order valence-corrected chi connectivity index (χ0v) is 17.6. The number of fused-ring (bicyclic) bond motifs is 1. The lowest BCUT2D eigenvalue weighted by Crippen LogP contribution is -2.34. The SMILES string of the molecule is CN(C)c1ccc(C(CNS(=O)(=O)c2ccc3ccccc3c2)N(C)C)cc1. The fourth-order valence-corrected chi connectivity index (χ4v) is 4.27. The zero-order chi connectivity index (χ0) is 20.3. The molecule has 3 aromatic rings. The molecular weight excluding hydrogens is 370 g/mol. The Labute approximate surface area is 167 Å². The van der Waals surface area contributed by atoms with Crippen LogP contribution in [0.1, 0.15) is 11.6 Å². The summed E-state index contributed by atoms with van der Waals surface area (Å²) in [7, 11) is 4.30. The van der Waals surface area contributed by atoms with Gasteiger partial charge in [0.05, 0.1) is 4.90 Å². The minimum absolute atomic E-state index is 0.0635. The molecule has 0 fully saturated rings. The van der Waals surface area contributed by atoms with Gasteiger partial charge in [-0.05, 0) is 54.7 Å². The van der Waals surface area contributed by atoms with Gasteiger partial charge >= 0.3 is 0 Å². The van der Waals surface area contributed by atoms with Gasteiger partial charge in [0.2, 0.25) is 10.0 Å². The average molecular weight is 398 g/mol. The van der Waals surface area contributed by atoms with Gasteiger partial charge in [0.25, 0.3) is 0 Å². The molecule has 0 heterocycles. The van der Waals surface area contributed by atoms with Crippen molar-refractivity contribution in [3.05, 3.63) is 72.3 Å². The summed E-state index contributed by atoms with van der Waals surface area (Å²) in [6.07, 6.45) is 0. The molecule has 0 saturated carbocycles. The molecule has 0 radical (unpaired) electrons. The van der Waals surface area contributed by atoms with E-state index >= 15 is 0 Å². The van der Waals surface area contributed by atoms with Gasteiger partial charge in [-0.3, -0.25) is 0 Å². The fourth-order valence-electron chi connectivity index (χ4n) is 3.20. The largest absolute Gasteiger partial charge is 0.378 e. The van der Waals surface area contributed by atoms with E-state index in [1.165, 1.54) is 0 Å². The van der Waals surface area contributed by atoms with Crippen LogP contribution in [0.3, 0.4) is 0 Å². The summed E-state index contributed by atoms with van der Waals surface area (Å²) < 4.78 is 28.5. The van der Waals surface area contributed by atoms with Crippen LogP contribution in [0, 0.1) is 0 Å². The van der Waals surface area contributed by atoms with E-state index in [4.69, 9.17) is 0 Å². The van der Waals surface area contributed by atoms with Gasteiger partial charge in [0, 0.05) is 32.4 Å². The molecule has 0 aliphatic rings. The average Bonchev–Trinajstić information content (AvgIpc) is 2.67. The zero-order valence-electron chi connectivity index (χ0n) is 16.8. The van der Waals surface area contributed by atoms with Gasteiger partial charge in [-0.25, -0.2) is 13.1 Å². The van der Waals surface area contributed by atoms with Crippen LogP contribution in [0.4, 0.5) is 5.69 Å². The monoisotopic (exact) mass is 397 g/mol. The summed E-state index contributed by atoms with van der Waals surface area (Å²) in [6, 6.07) is 21.1. The van der Waals surface area contributed by atoms with Crippen molar-refractivity contribution < 1.29 is 8.42 Å². The van der Waals surface area contributed by atoms with Gasteiger partial charge in [0.1, 0.15) is 0 Å². The number of benzene rings is 3. The molecule has 0 amide bonds. The number of hydrogen-bond donors (Lipinski definition) is 1. The van der Waals surface area contributed by atoms with Crippen LogP contribution in [-0.4, -0.2) is 48.1 Å². The molecule has 1 unspecified atom stereocenters. The molecule has 3 rings (SSSR count). The normalized spacial score (nSPS) is 13.0. The smallest absolute Gasteiger partial charge is 0.240 e. The molecule has 1 atom stereocenters. The molecule has 0 aliphatic carbocycles. The molecule has 0 spiro atoms. The van der Waals surface area contributed by atoms with Gasteiger partial charge in [-0.2, -0.15) is 0 Å². The first kappa shape index (κ1) is 20.3. The van der Waals surface area contributed by atoms with Gasteiger partial charge in [-0.15, -0.1) is 0 Å². The second kappa shape index (κ2) is 8.31. The van der Waals surface area contributed by atoms with Crippen molar-refractivity contribution >= 4 is 26.5 Å². The van der Waals surface area contributed by atoms with Crippen molar-refractivity contribution in [1.29, 1.82) is 0 Å². The summed E-state index contributed by atoms with van der Waals surface area (Å²) >= 11 is 0. The van der Waals surface area contributed by atoms with Crippen LogP contribution in [0.25, 0.3) is 10.8 Å². The minimum Gasteiger partial charge on any atom is -0.378 e. The maximum atomic E-state index is 12.8. The summed E-state index contributed by atoms with van der Waals surface area (Å²) in [5.41, 5.74) is 2.18. The Morgan fingerprint density at radius 3 is 2.11 bits per heavy atom. The highest BCUT2D eigenvalue weighted by molar-refractivity contribution is 7.89. The van der Waals surface area contributed by atoms with E-state index < -0.39 is 10.0 Å². The molecule has 1 N–H and O–H groups in total. The van der Waals surface area contributed by atoms with Crippen LogP contribution >= 0.6 is 0 Å². The molecule has 148 valence electrons. The van der Waals surface area contributed by atoms with Gasteiger partial charge in [-0.1, -0.05) is 42.5 Å². The predicted octanol–water partition coefficient (Wildman–Crippen LogP) is 3.49. The highest BCUT2D eigenvalue weighted by Crippen LogP contribution is 2.23. The molecule has 5 nitrogen and oxygen atoms in total. The van der Waals surface area contributed by atoms with Gasteiger partial charge in [0.15, 0.2) is 0 Å². The lowest BCUT2D eigenvalue weighted by Gasteiger charge is -2.25. The summed E-state index contributed by atoms with van der Waals surface area (Å²) in [4.78, 5) is 4.34. The van der Waals surface area contributed by atoms with Crippen molar-refractivity contribution in [1.82, 2.24) is 9.62 Å². The topological polar surface area (TPSA) is 52.7 Å². The van der Waals surface area contributed by atoms with E-state index in [2.05, 4.69) is 4.72 Å². The van der Waals surface area contributed by atoms with Crippen molar-refractivity contribution in [2.24, 2.45) is 0 Å². The van der Waals surface area contributed by atoms with Crippen LogP contribution in [-0.2, 0) is 10.0 Å². The number of rotatable bonds is 7. The van der Waals surface area contributed by atoms with Crippen molar-refractivity contribution in [2.45, 2.75) is 10.9 Å². The number of likely N-dealkylation sites (N-methyl/N-ethyl adjacent to an activating group) is 1. The maximum Gasteiger partial charge on any atom is 0.240 e. The lowest BCUT2D eigenvalue weighted by atomic mass is 10.1. The molecular formula is C22H27N3O2S. The second-order valence-electron chi connectivity index (χ2n) is 7.33. The van der Waals surface area contributed by atoms with E-state index in [-0.39, 0.29) is 10.9 Å². The predicted molar refractivity (Wildman–Crippen MR) is 116 cm³/mol. The first-order chi connectivity index (χ1) is 13.3. The van der Waals surface area contributed by atoms with Crippen molar-refractivity contribution in [2.75, 3.05) is 39.6 Å². The van der Waals surface area contributed by atoms with E-state index in [9.17, 15) is 8.42 Å². The molecule has 3 aromatic carbocycles. The Morgan fingerprint density at radius 1 is 0.857 bits per heavy atom. The van der Waals surface area contributed by atoms with Crippen LogP contribution < -0.4 is 9.62 Å². The molecule has 0 aliphatic heterocycles. The Bertz CT molecular complexity index is 1040. The standard InChI is InChI=1S/C22H27N3O2S/c1-24(2)20-12-9-18(10-13-20)22(25(3)4)16-23-28(26,27)21-14-11-17-7-5-6-8-19(17)15-21/h5-15,22-23H,16H2,1-4H3. The molecule has 0 saturated heterocycles. The quantitative estimate of drug-likeness (QED) is 0.663. The number of nitrogens with zero attached hydrogens (tertiary/aromatic N) is 2. The third-order valence-electron chi connectivity index (χ3n) is 4.92. The first-order valence-electron chi connectivity index (χ1n) is 9.20. The maximum absolute atomic E-state index is 12.8.